The third-order valence-corrected chi connectivity index (χ3v) is 6.64. The van der Waals surface area contributed by atoms with Gasteiger partial charge in [0.2, 0.25) is 0 Å². The third kappa shape index (κ3) is 3.40. The van der Waals surface area contributed by atoms with Gasteiger partial charge in [0.1, 0.15) is 6.04 Å². The summed E-state index contributed by atoms with van der Waals surface area (Å²) in [5.74, 6) is -1.36. The predicted molar refractivity (Wildman–Crippen MR) is 92.5 cm³/mol. The summed E-state index contributed by atoms with van der Waals surface area (Å²) in [6.07, 6.45) is 5.17. The van der Waals surface area contributed by atoms with Gasteiger partial charge in [-0.25, -0.2) is 13.2 Å². The number of benzene rings is 1. The molecule has 3 atom stereocenters. The number of hydrogen-bond donors (Lipinski definition) is 1. The van der Waals surface area contributed by atoms with Crippen LogP contribution in [0.4, 0.5) is 0 Å². The molecule has 8 heteroatoms. The monoisotopic (exact) mass is 385 g/mol. The summed E-state index contributed by atoms with van der Waals surface area (Å²) in [5, 5.41) is 9.68. The molecule has 25 heavy (non-hydrogen) atoms. The van der Waals surface area contributed by atoms with E-state index in [1.165, 1.54) is 23.1 Å². The van der Waals surface area contributed by atoms with Gasteiger partial charge in [0.05, 0.1) is 15.5 Å². The van der Waals surface area contributed by atoms with Gasteiger partial charge in [0, 0.05) is 12.3 Å². The summed E-state index contributed by atoms with van der Waals surface area (Å²) in [6.45, 7) is 0. The van der Waals surface area contributed by atoms with E-state index in [0.717, 1.165) is 31.9 Å². The lowest BCUT2D eigenvalue weighted by Gasteiger charge is -2.33. The third-order valence-electron chi connectivity index (χ3n) is 5.20. The molecule has 2 aliphatic rings. The molecule has 0 bridgehead atoms. The molecule has 0 radical (unpaired) electrons. The molecule has 1 aliphatic carbocycles. The molecule has 136 valence electrons. The van der Waals surface area contributed by atoms with Gasteiger partial charge in [0.25, 0.3) is 5.91 Å². The molecule has 1 aromatic rings. The van der Waals surface area contributed by atoms with E-state index in [2.05, 4.69) is 0 Å². The molecule has 0 unspecified atom stereocenters. The molecule has 1 amide bonds. The lowest BCUT2D eigenvalue weighted by atomic mass is 9.84. The topological polar surface area (TPSA) is 91.8 Å². The maximum Gasteiger partial charge on any atom is 0.326 e. The number of hydrogen-bond acceptors (Lipinski definition) is 4. The number of nitrogens with zero attached hydrogens (tertiary/aromatic N) is 1. The van der Waals surface area contributed by atoms with Crippen LogP contribution in [0.1, 0.15) is 42.5 Å². The van der Waals surface area contributed by atoms with Gasteiger partial charge >= 0.3 is 5.97 Å². The zero-order valence-corrected chi connectivity index (χ0v) is 15.4. The van der Waals surface area contributed by atoms with Crippen LogP contribution in [0.5, 0.6) is 0 Å². The highest BCUT2D eigenvalue weighted by molar-refractivity contribution is 7.90. The van der Waals surface area contributed by atoms with Crippen molar-refractivity contribution in [2.45, 2.75) is 49.1 Å². The van der Waals surface area contributed by atoms with Gasteiger partial charge < -0.3 is 10.0 Å². The van der Waals surface area contributed by atoms with Crippen LogP contribution in [-0.2, 0) is 14.6 Å². The van der Waals surface area contributed by atoms with Crippen LogP contribution >= 0.6 is 11.6 Å². The number of carboxylic acid groups (broad SMARTS) is 1. The summed E-state index contributed by atoms with van der Waals surface area (Å²) >= 11 is 6.13. The Balaban J connectivity index is 2.02. The SMILES string of the molecule is CS(=O)(=O)c1ccc(Cl)c(C(=O)N2[C@H](C(=O)O)C[C@@H]3CCCC[C@@H]32)c1. The number of likely N-dealkylation sites (tertiary alicyclic amines) is 1. The highest BCUT2D eigenvalue weighted by Crippen LogP contribution is 2.41. The number of carbonyl (C=O) groups is 2. The summed E-state index contributed by atoms with van der Waals surface area (Å²) in [7, 11) is -3.50. The van der Waals surface area contributed by atoms with Crippen LogP contribution in [0.2, 0.25) is 5.02 Å². The molecule has 2 fully saturated rings. The van der Waals surface area contributed by atoms with E-state index in [1.54, 1.807) is 0 Å². The molecule has 1 heterocycles. The lowest BCUT2D eigenvalue weighted by molar-refractivity contribution is -0.141. The molecular weight excluding hydrogens is 366 g/mol. The first-order valence-corrected chi connectivity index (χ1v) is 10.5. The molecule has 1 saturated carbocycles. The normalized spacial score (nSPS) is 26.3. The number of sulfone groups is 1. The van der Waals surface area contributed by atoms with Crippen molar-refractivity contribution < 1.29 is 23.1 Å². The largest absolute Gasteiger partial charge is 0.480 e. The maximum atomic E-state index is 13.1. The minimum absolute atomic E-state index is 0.00786. The van der Waals surface area contributed by atoms with Crippen LogP contribution in [0.25, 0.3) is 0 Å². The molecule has 1 aromatic carbocycles. The van der Waals surface area contributed by atoms with Crippen LogP contribution in [0.3, 0.4) is 0 Å². The number of rotatable bonds is 3. The number of aliphatic carboxylic acids is 1. The fraction of sp³-hybridized carbons (Fsp3) is 0.529. The number of amides is 1. The molecular formula is C17H20ClNO5S. The molecule has 0 aromatic heterocycles. The molecule has 0 spiro atoms. The van der Waals surface area contributed by atoms with E-state index in [0.29, 0.717) is 6.42 Å². The zero-order chi connectivity index (χ0) is 18.4. The quantitative estimate of drug-likeness (QED) is 0.863. The van der Waals surface area contributed by atoms with Crippen molar-refractivity contribution in [3.8, 4) is 0 Å². The Morgan fingerprint density at radius 2 is 1.92 bits per heavy atom. The van der Waals surface area contributed by atoms with Gasteiger partial charge in [-0.3, -0.25) is 4.79 Å². The number of carbonyl (C=O) groups excluding carboxylic acids is 1. The van der Waals surface area contributed by atoms with Crippen molar-refractivity contribution in [2.24, 2.45) is 5.92 Å². The Morgan fingerprint density at radius 3 is 2.56 bits per heavy atom. The molecule has 1 N–H and O–H groups in total. The van der Waals surface area contributed by atoms with Crippen LogP contribution in [0.15, 0.2) is 23.1 Å². The second-order valence-corrected chi connectivity index (χ2v) is 9.25. The van der Waals surface area contributed by atoms with Gasteiger partial charge in [-0.1, -0.05) is 24.4 Å². The first-order chi connectivity index (χ1) is 11.7. The summed E-state index contributed by atoms with van der Waals surface area (Å²) < 4.78 is 23.6. The number of halogens is 1. The zero-order valence-electron chi connectivity index (χ0n) is 13.8. The minimum atomic E-state index is -3.50. The fourth-order valence-electron chi connectivity index (χ4n) is 4.01. The van der Waals surface area contributed by atoms with E-state index in [9.17, 15) is 23.1 Å². The van der Waals surface area contributed by atoms with Crippen molar-refractivity contribution in [3.05, 3.63) is 28.8 Å². The van der Waals surface area contributed by atoms with Crippen LogP contribution in [-0.4, -0.2) is 48.6 Å². The molecule has 6 nitrogen and oxygen atoms in total. The van der Waals surface area contributed by atoms with Crippen LogP contribution < -0.4 is 0 Å². The van der Waals surface area contributed by atoms with Gasteiger partial charge in [-0.05, 0) is 43.4 Å². The first kappa shape index (κ1) is 18.2. The van der Waals surface area contributed by atoms with Gasteiger partial charge in [0.15, 0.2) is 9.84 Å². The van der Waals surface area contributed by atoms with E-state index < -0.39 is 27.8 Å². The predicted octanol–water partition coefficient (Wildman–Crippen LogP) is 2.60. The van der Waals surface area contributed by atoms with Gasteiger partial charge in [-0.15, -0.1) is 0 Å². The lowest BCUT2D eigenvalue weighted by Crippen LogP contribution is -2.46. The second-order valence-electron chi connectivity index (χ2n) is 6.83. The fourth-order valence-corrected chi connectivity index (χ4v) is 4.86. The first-order valence-electron chi connectivity index (χ1n) is 8.25. The Bertz CT molecular complexity index is 822. The summed E-state index contributed by atoms with van der Waals surface area (Å²) in [4.78, 5) is 26.2. The molecule has 1 saturated heterocycles. The van der Waals surface area contributed by atoms with E-state index in [4.69, 9.17) is 11.6 Å². The average Bonchev–Trinajstić information content (AvgIpc) is 2.93. The van der Waals surface area contributed by atoms with E-state index in [-0.39, 0.29) is 27.4 Å². The standard InChI is InChI=1S/C17H20ClNO5S/c1-25(23,24)11-6-7-13(18)12(9-11)16(20)19-14-5-3-2-4-10(14)8-15(19)17(21)22/h6-7,9-10,14-15H,2-5,8H2,1H3,(H,21,22)/t10-,14-,15-/m0/s1. The van der Waals surface area contributed by atoms with E-state index >= 15 is 0 Å². The van der Waals surface area contributed by atoms with Crippen LogP contribution in [0, 0.1) is 5.92 Å². The van der Waals surface area contributed by atoms with Crippen molar-refractivity contribution in [1.82, 2.24) is 4.90 Å². The molecule has 1 aliphatic heterocycles. The Labute approximate surface area is 151 Å². The van der Waals surface area contributed by atoms with E-state index in [1.807, 2.05) is 0 Å². The van der Waals surface area contributed by atoms with Crippen molar-refractivity contribution >= 4 is 33.3 Å². The Kier molecular flexibility index (Phi) is 4.81. The summed E-state index contributed by atoms with van der Waals surface area (Å²) in [5.41, 5.74) is 0.0436. The number of fused-ring (bicyclic) bond motifs is 1. The smallest absolute Gasteiger partial charge is 0.326 e. The Morgan fingerprint density at radius 1 is 1.24 bits per heavy atom. The van der Waals surface area contributed by atoms with Crippen molar-refractivity contribution in [2.75, 3.05) is 6.26 Å². The minimum Gasteiger partial charge on any atom is -0.480 e. The number of carboxylic acids is 1. The van der Waals surface area contributed by atoms with Crippen molar-refractivity contribution in [1.29, 1.82) is 0 Å². The Hall–Kier alpha value is -1.60. The highest BCUT2D eigenvalue weighted by atomic mass is 35.5. The van der Waals surface area contributed by atoms with Gasteiger partial charge in [-0.2, -0.15) is 0 Å². The maximum absolute atomic E-state index is 13.1. The highest BCUT2D eigenvalue weighted by Gasteiger charge is 2.48. The van der Waals surface area contributed by atoms with Crippen molar-refractivity contribution in [3.63, 3.8) is 0 Å². The average molecular weight is 386 g/mol. The second kappa shape index (κ2) is 6.61. The molecule has 3 rings (SSSR count). The summed E-state index contributed by atoms with van der Waals surface area (Å²) in [6, 6.07) is 2.94.